The monoisotopic (exact) mass is 284 g/mol. The van der Waals surface area contributed by atoms with Gasteiger partial charge in [0.05, 0.1) is 11.6 Å². The van der Waals surface area contributed by atoms with Gasteiger partial charge >= 0.3 is 0 Å². The maximum absolute atomic E-state index is 13.2. The maximum Gasteiger partial charge on any atom is 0.257 e. The summed E-state index contributed by atoms with van der Waals surface area (Å²) in [6.07, 6.45) is -0.106. The first-order chi connectivity index (χ1) is 9.15. The molecule has 102 valence electrons. The van der Waals surface area contributed by atoms with E-state index in [1.807, 2.05) is 6.92 Å². The molecule has 0 aliphatic heterocycles. The molecule has 2 aromatic rings. The lowest BCUT2D eigenvalue weighted by Crippen LogP contribution is -2.28. The first-order valence-corrected chi connectivity index (χ1v) is 6.57. The molecule has 0 bridgehead atoms. The van der Waals surface area contributed by atoms with E-state index in [2.05, 4.69) is 10.3 Å². The van der Waals surface area contributed by atoms with Crippen molar-refractivity contribution in [2.75, 3.05) is 6.54 Å². The van der Waals surface area contributed by atoms with E-state index < -0.39 is 12.5 Å². The van der Waals surface area contributed by atoms with Gasteiger partial charge in [0.2, 0.25) is 0 Å². The Morgan fingerprint density at radius 3 is 2.79 bits per heavy atom. The molecule has 2 nitrogen and oxygen atoms in total. The number of nitrogens with one attached hydrogen (secondary N) is 1. The highest BCUT2D eigenvalue weighted by Crippen LogP contribution is 2.31. The van der Waals surface area contributed by atoms with E-state index in [9.17, 15) is 8.78 Å². The molecule has 0 aliphatic carbocycles. The number of pyridine rings is 1. The molecule has 19 heavy (non-hydrogen) atoms. The Bertz CT molecular complexity index is 560. The van der Waals surface area contributed by atoms with Gasteiger partial charge in [0, 0.05) is 22.2 Å². The number of alkyl halides is 2. The van der Waals surface area contributed by atoms with Crippen molar-refractivity contribution in [3.63, 3.8) is 0 Å². The predicted molar refractivity (Wildman–Crippen MR) is 73.8 cm³/mol. The van der Waals surface area contributed by atoms with E-state index in [-0.39, 0.29) is 0 Å². The number of hydrogen-bond donors (Lipinski definition) is 1. The Labute approximate surface area is 115 Å². The smallest absolute Gasteiger partial charge is 0.257 e. The summed E-state index contributed by atoms with van der Waals surface area (Å²) in [5.41, 5.74) is 1.02. The molecule has 0 saturated carbocycles. The molecule has 2 rings (SSSR count). The number of benzene rings is 1. The lowest BCUT2D eigenvalue weighted by molar-refractivity contribution is 0.0990. The van der Waals surface area contributed by atoms with Crippen LogP contribution < -0.4 is 5.32 Å². The number of halogens is 3. The van der Waals surface area contributed by atoms with Crippen LogP contribution in [-0.2, 0) is 0 Å². The summed E-state index contributed by atoms with van der Waals surface area (Å²) in [7, 11) is 0. The Morgan fingerprint density at radius 1 is 1.32 bits per heavy atom. The van der Waals surface area contributed by atoms with Gasteiger partial charge in [-0.2, -0.15) is 0 Å². The normalized spacial score (nSPS) is 13.1. The van der Waals surface area contributed by atoms with Gasteiger partial charge in [0.1, 0.15) is 0 Å². The zero-order valence-corrected chi connectivity index (χ0v) is 11.3. The fourth-order valence-electron chi connectivity index (χ4n) is 2.05. The van der Waals surface area contributed by atoms with Gasteiger partial charge in [0.15, 0.2) is 0 Å². The van der Waals surface area contributed by atoms with Crippen molar-refractivity contribution in [2.45, 2.75) is 25.8 Å². The van der Waals surface area contributed by atoms with Crippen LogP contribution in [0.25, 0.3) is 10.9 Å². The highest BCUT2D eigenvalue weighted by atomic mass is 35.5. The molecule has 1 aromatic carbocycles. The van der Waals surface area contributed by atoms with Crippen LogP contribution in [0.5, 0.6) is 0 Å². The lowest BCUT2D eigenvalue weighted by Gasteiger charge is -2.19. The van der Waals surface area contributed by atoms with Gasteiger partial charge in [-0.15, -0.1) is 0 Å². The van der Waals surface area contributed by atoms with Crippen molar-refractivity contribution in [3.8, 4) is 0 Å². The summed E-state index contributed by atoms with van der Waals surface area (Å²) in [4.78, 5) is 4.20. The fourth-order valence-corrected chi connectivity index (χ4v) is 2.26. The molecule has 5 heteroatoms. The van der Waals surface area contributed by atoms with Gasteiger partial charge in [-0.25, -0.2) is 8.78 Å². The highest BCUT2D eigenvalue weighted by molar-refractivity contribution is 6.35. The second kappa shape index (κ2) is 6.26. The third kappa shape index (κ3) is 3.01. The van der Waals surface area contributed by atoms with Crippen LogP contribution >= 0.6 is 11.6 Å². The zero-order chi connectivity index (χ0) is 13.8. The molecule has 0 amide bonds. The minimum Gasteiger partial charge on any atom is -0.305 e. The predicted octanol–water partition coefficient (Wildman–Crippen LogP) is 4.19. The number of rotatable bonds is 5. The van der Waals surface area contributed by atoms with Crippen molar-refractivity contribution in [1.29, 1.82) is 0 Å². The molecule has 1 aromatic heterocycles. The number of nitrogens with zero attached hydrogens (tertiary/aromatic N) is 1. The van der Waals surface area contributed by atoms with Crippen LogP contribution in [0.1, 0.15) is 24.9 Å². The second-order valence-electron chi connectivity index (χ2n) is 4.30. The molecule has 1 N–H and O–H groups in total. The summed E-state index contributed by atoms with van der Waals surface area (Å²) in [6, 6.07) is 5.78. The maximum atomic E-state index is 13.2. The summed E-state index contributed by atoms with van der Waals surface area (Å²) < 4.78 is 26.4. The third-order valence-corrected chi connectivity index (χ3v) is 3.28. The molecule has 1 heterocycles. The molecule has 1 unspecified atom stereocenters. The summed E-state index contributed by atoms with van der Waals surface area (Å²) >= 11 is 6.07. The van der Waals surface area contributed by atoms with E-state index >= 15 is 0 Å². The molecular weight excluding hydrogens is 270 g/mol. The third-order valence-electron chi connectivity index (χ3n) is 2.95. The Balaban J connectivity index is 2.50. The van der Waals surface area contributed by atoms with Gasteiger partial charge in [-0.3, -0.25) is 4.98 Å². The van der Waals surface area contributed by atoms with Crippen molar-refractivity contribution in [1.82, 2.24) is 10.3 Å². The molecule has 1 atom stereocenters. The van der Waals surface area contributed by atoms with Gasteiger partial charge in [0.25, 0.3) is 6.43 Å². The Morgan fingerprint density at radius 2 is 2.11 bits per heavy atom. The molecule has 0 radical (unpaired) electrons. The van der Waals surface area contributed by atoms with Crippen LogP contribution in [0.3, 0.4) is 0 Å². The van der Waals surface area contributed by atoms with Crippen LogP contribution in [0, 0.1) is 0 Å². The molecule has 0 spiro atoms. The van der Waals surface area contributed by atoms with Crippen molar-refractivity contribution >= 4 is 22.5 Å². The average molecular weight is 285 g/mol. The SMILES string of the molecule is CCCNC(c1ccc(Cl)c2cccnc12)C(F)F. The van der Waals surface area contributed by atoms with Gasteiger partial charge in [-0.05, 0) is 31.2 Å². The van der Waals surface area contributed by atoms with E-state index in [0.717, 1.165) is 6.42 Å². The minimum absolute atomic E-state index is 0.489. The highest BCUT2D eigenvalue weighted by Gasteiger charge is 2.24. The standard InChI is InChI=1S/C14H15ClF2N2/c1-2-7-18-13(14(16)17)10-5-6-11(15)9-4-3-8-19-12(9)10/h3-6,8,13-14,18H,2,7H2,1H3. The Kier molecular flexibility index (Phi) is 4.66. The average Bonchev–Trinajstić information content (AvgIpc) is 2.41. The minimum atomic E-state index is -2.49. The topological polar surface area (TPSA) is 24.9 Å². The van der Waals surface area contributed by atoms with Crippen LogP contribution in [0.4, 0.5) is 8.78 Å². The largest absolute Gasteiger partial charge is 0.305 e. The van der Waals surface area contributed by atoms with Crippen molar-refractivity contribution < 1.29 is 8.78 Å². The van der Waals surface area contributed by atoms with Gasteiger partial charge in [-0.1, -0.05) is 24.6 Å². The van der Waals surface area contributed by atoms with Crippen LogP contribution in [0.2, 0.25) is 5.02 Å². The van der Waals surface area contributed by atoms with Crippen molar-refractivity contribution in [3.05, 3.63) is 41.0 Å². The van der Waals surface area contributed by atoms with Crippen molar-refractivity contribution in [2.24, 2.45) is 0 Å². The van der Waals surface area contributed by atoms with Crippen LogP contribution in [-0.4, -0.2) is 18.0 Å². The summed E-state index contributed by atoms with van der Waals surface area (Å²) in [5.74, 6) is 0. The molecule has 0 aliphatic rings. The van der Waals surface area contributed by atoms with E-state index in [1.165, 1.54) is 0 Å². The van der Waals surface area contributed by atoms with E-state index in [4.69, 9.17) is 11.6 Å². The van der Waals surface area contributed by atoms with E-state index in [0.29, 0.717) is 28.0 Å². The van der Waals surface area contributed by atoms with E-state index in [1.54, 1.807) is 30.5 Å². The molecular formula is C14H15ClF2N2. The number of aromatic nitrogens is 1. The first-order valence-electron chi connectivity index (χ1n) is 6.19. The zero-order valence-electron chi connectivity index (χ0n) is 10.5. The Hall–Kier alpha value is -1.26. The lowest BCUT2D eigenvalue weighted by atomic mass is 10.0. The number of hydrogen-bond acceptors (Lipinski definition) is 2. The quantitative estimate of drug-likeness (QED) is 0.890. The van der Waals surface area contributed by atoms with Crippen LogP contribution in [0.15, 0.2) is 30.5 Å². The molecule has 0 saturated heterocycles. The molecule has 0 fully saturated rings. The first kappa shape index (κ1) is 14.2. The summed E-state index contributed by atoms with van der Waals surface area (Å²) in [6.45, 7) is 2.47. The number of fused-ring (bicyclic) bond motifs is 1. The van der Waals surface area contributed by atoms with Gasteiger partial charge < -0.3 is 5.32 Å². The fraction of sp³-hybridized carbons (Fsp3) is 0.357. The summed E-state index contributed by atoms with van der Waals surface area (Å²) in [5, 5.41) is 4.09. The second-order valence-corrected chi connectivity index (χ2v) is 4.71.